The Hall–Kier alpha value is -1.78. The van der Waals surface area contributed by atoms with Gasteiger partial charge in [0.05, 0.1) is 0 Å². The van der Waals surface area contributed by atoms with Crippen molar-refractivity contribution >= 4 is 11.5 Å². The largest absolute Gasteiger partial charge is 0.409 e. The third-order valence-corrected chi connectivity index (χ3v) is 3.74. The maximum atomic E-state index is 12.9. The third kappa shape index (κ3) is 3.36. The highest BCUT2D eigenvalue weighted by molar-refractivity contribution is 5.80. The standard InChI is InChI=1S/C14H20FN3O/c1-2-18(12-5-3-11(15)4-6-12)10-14(7-8-14)9-13(16)17-19/h3-6,19H,2,7-10H2,1H3,(H2,16,17). The molecule has 5 heteroatoms. The van der Waals surface area contributed by atoms with Gasteiger partial charge in [-0.3, -0.25) is 0 Å². The van der Waals surface area contributed by atoms with Gasteiger partial charge < -0.3 is 15.8 Å². The third-order valence-electron chi connectivity index (χ3n) is 3.74. The molecule has 0 aliphatic heterocycles. The van der Waals surface area contributed by atoms with E-state index in [1.165, 1.54) is 12.1 Å². The summed E-state index contributed by atoms with van der Waals surface area (Å²) in [6, 6.07) is 6.53. The predicted octanol–water partition coefficient (Wildman–Crippen LogP) is 2.57. The lowest BCUT2D eigenvalue weighted by Gasteiger charge is -2.28. The van der Waals surface area contributed by atoms with Gasteiger partial charge in [0.25, 0.3) is 0 Å². The van der Waals surface area contributed by atoms with Gasteiger partial charge in [0.15, 0.2) is 0 Å². The number of nitrogens with zero attached hydrogens (tertiary/aromatic N) is 2. The summed E-state index contributed by atoms with van der Waals surface area (Å²) in [4.78, 5) is 2.21. The quantitative estimate of drug-likeness (QED) is 0.359. The molecule has 1 aliphatic rings. The molecule has 0 unspecified atom stereocenters. The predicted molar refractivity (Wildman–Crippen MR) is 74.0 cm³/mol. The van der Waals surface area contributed by atoms with E-state index in [9.17, 15) is 4.39 Å². The molecule has 19 heavy (non-hydrogen) atoms. The highest BCUT2D eigenvalue weighted by atomic mass is 19.1. The van der Waals surface area contributed by atoms with E-state index in [1.807, 2.05) is 0 Å². The number of rotatable bonds is 6. The molecule has 1 fully saturated rings. The number of hydrogen-bond donors (Lipinski definition) is 2. The van der Waals surface area contributed by atoms with Crippen molar-refractivity contribution in [2.24, 2.45) is 16.3 Å². The maximum absolute atomic E-state index is 12.9. The summed E-state index contributed by atoms with van der Waals surface area (Å²) in [7, 11) is 0. The smallest absolute Gasteiger partial charge is 0.139 e. The zero-order chi connectivity index (χ0) is 13.9. The Kier molecular flexibility index (Phi) is 3.93. The van der Waals surface area contributed by atoms with Gasteiger partial charge in [0, 0.05) is 25.2 Å². The van der Waals surface area contributed by atoms with E-state index >= 15 is 0 Å². The summed E-state index contributed by atoms with van der Waals surface area (Å²) in [5.41, 5.74) is 6.73. The first-order valence-corrected chi connectivity index (χ1v) is 6.55. The summed E-state index contributed by atoms with van der Waals surface area (Å²) in [5.74, 6) is 0.0604. The minimum absolute atomic E-state index is 0.112. The molecule has 0 amide bonds. The van der Waals surface area contributed by atoms with Crippen LogP contribution in [0.2, 0.25) is 0 Å². The van der Waals surface area contributed by atoms with Gasteiger partial charge in [-0.1, -0.05) is 5.16 Å². The summed E-state index contributed by atoms with van der Waals surface area (Å²) < 4.78 is 12.9. The van der Waals surface area contributed by atoms with E-state index in [0.29, 0.717) is 6.42 Å². The fraction of sp³-hybridized carbons (Fsp3) is 0.500. The van der Waals surface area contributed by atoms with Crippen LogP contribution in [0, 0.1) is 11.2 Å². The summed E-state index contributed by atoms with van der Waals surface area (Å²) in [5, 5.41) is 11.7. The van der Waals surface area contributed by atoms with Crippen molar-refractivity contribution < 1.29 is 9.60 Å². The molecule has 0 radical (unpaired) electrons. The Labute approximate surface area is 112 Å². The summed E-state index contributed by atoms with van der Waals surface area (Å²) >= 11 is 0. The van der Waals surface area contributed by atoms with E-state index in [2.05, 4.69) is 17.0 Å². The first-order chi connectivity index (χ1) is 9.08. The molecule has 4 nitrogen and oxygen atoms in total. The van der Waals surface area contributed by atoms with Crippen molar-refractivity contribution in [2.45, 2.75) is 26.2 Å². The van der Waals surface area contributed by atoms with Gasteiger partial charge in [-0.05, 0) is 49.4 Å². The number of halogens is 1. The molecular weight excluding hydrogens is 245 g/mol. The lowest BCUT2D eigenvalue weighted by Crippen LogP contribution is -2.32. The highest BCUT2D eigenvalue weighted by Gasteiger charge is 2.44. The Morgan fingerprint density at radius 2 is 2.05 bits per heavy atom. The monoisotopic (exact) mass is 265 g/mol. The molecule has 0 aromatic heterocycles. The first kappa shape index (κ1) is 13.6. The molecule has 0 atom stereocenters. The van der Waals surface area contributed by atoms with Gasteiger partial charge in [-0.2, -0.15) is 0 Å². The maximum Gasteiger partial charge on any atom is 0.139 e. The van der Waals surface area contributed by atoms with Crippen LogP contribution < -0.4 is 10.6 Å². The molecule has 3 N–H and O–H groups in total. The zero-order valence-corrected chi connectivity index (χ0v) is 11.1. The molecule has 0 saturated heterocycles. The lowest BCUT2D eigenvalue weighted by molar-refractivity contribution is 0.314. The first-order valence-electron chi connectivity index (χ1n) is 6.55. The Bertz CT molecular complexity index is 454. The molecular formula is C14H20FN3O. The second-order valence-corrected chi connectivity index (χ2v) is 5.26. The number of nitrogens with two attached hydrogens (primary N) is 1. The van der Waals surface area contributed by atoms with E-state index in [1.54, 1.807) is 12.1 Å². The van der Waals surface area contributed by atoms with Crippen molar-refractivity contribution in [2.75, 3.05) is 18.0 Å². The fourth-order valence-electron chi connectivity index (χ4n) is 2.43. The topological polar surface area (TPSA) is 61.8 Å². The van der Waals surface area contributed by atoms with Crippen LogP contribution in [0.3, 0.4) is 0 Å². The van der Waals surface area contributed by atoms with E-state index in [4.69, 9.17) is 10.9 Å². The van der Waals surface area contributed by atoms with Gasteiger partial charge >= 0.3 is 0 Å². The van der Waals surface area contributed by atoms with E-state index in [-0.39, 0.29) is 17.1 Å². The molecule has 0 heterocycles. The average Bonchev–Trinajstić information content (AvgIpc) is 3.17. The van der Waals surface area contributed by atoms with Crippen molar-refractivity contribution in [3.63, 3.8) is 0 Å². The zero-order valence-electron chi connectivity index (χ0n) is 11.1. The molecule has 2 rings (SSSR count). The lowest BCUT2D eigenvalue weighted by atomic mass is 10.0. The van der Waals surface area contributed by atoms with Crippen LogP contribution in [0.4, 0.5) is 10.1 Å². The van der Waals surface area contributed by atoms with Crippen LogP contribution in [0.15, 0.2) is 29.4 Å². The van der Waals surface area contributed by atoms with Crippen molar-refractivity contribution in [3.8, 4) is 0 Å². The van der Waals surface area contributed by atoms with Crippen LogP contribution in [-0.2, 0) is 0 Å². The Balaban J connectivity index is 2.05. The average molecular weight is 265 g/mol. The normalized spacial score (nSPS) is 17.3. The van der Waals surface area contributed by atoms with Crippen LogP contribution in [0.1, 0.15) is 26.2 Å². The number of benzene rings is 1. The number of anilines is 1. The SMILES string of the molecule is CCN(CC1(CC(N)=NO)CC1)c1ccc(F)cc1. The van der Waals surface area contributed by atoms with Gasteiger partial charge in [0.2, 0.25) is 0 Å². The molecule has 104 valence electrons. The van der Waals surface area contributed by atoms with Gasteiger partial charge in [-0.25, -0.2) is 4.39 Å². The molecule has 1 aromatic carbocycles. The van der Waals surface area contributed by atoms with E-state index < -0.39 is 0 Å². The summed E-state index contributed by atoms with van der Waals surface area (Å²) in [6.07, 6.45) is 2.78. The van der Waals surface area contributed by atoms with Crippen molar-refractivity contribution in [3.05, 3.63) is 30.1 Å². The summed E-state index contributed by atoms with van der Waals surface area (Å²) in [6.45, 7) is 3.78. The molecule has 1 aromatic rings. The van der Waals surface area contributed by atoms with Crippen molar-refractivity contribution in [1.82, 2.24) is 0 Å². The molecule has 0 spiro atoms. The van der Waals surface area contributed by atoms with Gasteiger partial charge in [-0.15, -0.1) is 0 Å². The highest BCUT2D eigenvalue weighted by Crippen LogP contribution is 2.49. The van der Waals surface area contributed by atoms with E-state index in [0.717, 1.165) is 31.6 Å². The minimum Gasteiger partial charge on any atom is -0.409 e. The molecule has 1 saturated carbocycles. The van der Waals surface area contributed by atoms with Gasteiger partial charge in [0.1, 0.15) is 11.7 Å². The molecule has 0 bridgehead atoms. The number of hydrogen-bond acceptors (Lipinski definition) is 3. The van der Waals surface area contributed by atoms with Crippen LogP contribution in [0.25, 0.3) is 0 Å². The fourth-order valence-corrected chi connectivity index (χ4v) is 2.43. The number of amidine groups is 1. The van der Waals surface area contributed by atoms with Crippen LogP contribution in [0.5, 0.6) is 0 Å². The molecule has 1 aliphatic carbocycles. The van der Waals surface area contributed by atoms with Crippen molar-refractivity contribution in [1.29, 1.82) is 0 Å². The Morgan fingerprint density at radius 1 is 1.42 bits per heavy atom. The minimum atomic E-state index is -0.224. The van der Waals surface area contributed by atoms with Crippen LogP contribution >= 0.6 is 0 Å². The second-order valence-electron chi connectivity index (χ2n) is 5.26. The van der Waals surface area contributed by atoms with Crippen LogP contribution in [-0.4, -0.2) is 24.1 Å². The Morgan fingerprint density at radius 3 is 2.53 bits per heavy atom. The second kappa shape index (κ2) is 5.47. The number of oxime groups is 1.